The zero-order valence-electron chi connectivity index (χ0n) is 17.7. The lowest BCUT2D eigenvalue weighted by atomic mass is 10.1. The molecule has 158 valence electrons. The Kier molecular flexibility index (Phi) is 5.25. The molecule has 6 nitrogen and oxygen atoms in total. The van der Waals surface area contributed by atoms with Crippen LogP contribution in [0.1, 0.15) is 16.8 Å². The highest BCUT2D eigenvalue weighted by Gasteiger charge is 2.15. The van der Waals surface area contributed by atoms with Gasteiger partial charge in [-0.3, -0.25) is 9.78 Å². The van der Waals surface area contributed by atoms with E-state index >= 15 is 0 Å². The first-order valence-corrected chi connectivity index (χ1v) is 10.6. The minimum absolute atomic E-state index is 0.0222. The molecular weight excluding hydrogens is 398 g/mol. The number of aromatic nitrogens is 4. The average Bonchev–Trinajstić information content (AvgIpc) is 3.40. The van der Waals surface area contributed by atoms with E-state index in [0.29, 0.717) is 13.0 Å². The molecule has 0 fully saturated rings. The maximum Gasteiger partial charge on any atom is 0.224 e. The van der Waals surface area contributed by atoms with Crippen LogP contribution in [0.2, 0.25) is 0 Å². The topological polar surface area (TPSA) is 75.6 Å². The van der Waals surface area contributed by atoms with E-state index in [9.17, 15) is 4.79 Å². The van der Waals surface area contributed by atoms with Gasteiger partial charge in [0.1, 0.15) is 0 Å². The molecule has 5 rings (SSSR count). The highest BCUT2D eigenvalue weighted by molar-refractivity contribution is 5.90. The Bertz CT molecular complexity index is 1370. The number of rotatable bonds is 6. The number of carbonyl (C=O) groups excluding carboxylic acids is 1. The third-order valence-electron chi connectivity index (χ3n) is 5.60. The Morgan fingerprint density at radius 3 is 2.56 bits per heavy atom. The first-order chi connectivity index (χ1) is 15.7. The van der Waals surface area contributed by atoms with Crippen molar-refractivity contribution in [1.82, 2.24) is 25.1 Å². The van der Waals surface area contributed by atoms with Crippen LogP contribution in [0.5, 0.6) is 0 Å². The van der Waals surface area contributed by atoms with Gasteiger partial charge in [0.15, 0.2) is 0 Å². The fourth-order valence-electron chi connectivity index (χ4n) is 3.98. The van der Waals surface area contributed by atoms with E-state index in [1.807, 2.05) is 84.5 Å². The molecule has 2 N–H and O–H groups in total. The molecule has 0 bridgehead atoms. The zero-order valence-corrected chi connectivity index (χ0v) is 17.7. The molecule has 0 radical (unpaired) electrons. The summed E-state index contributed by atoms with van der Waals surface area (Å²) in [5.74, 6) is -0.0222. The Hall–Kier alpha value is -4.19. The summed E-state index contributed by atoms with van der Waals surface area (Å²) >= 11 is 0. The number of pyridine rings is 1. The van der Waals surface area contributed by atoms with Gasteiger partial charge in [-0.2, -0.15) is 5.10 Å². The van der Waals surface area contributed by atoms with Gasteiger partial charge in [-0.15, -0.1) is 0 Å². The molecule has 0 saturated heterocycles. The van der Waals surface area contributed by atoms with Crippen LogP contribution in [-0.4, -0.2) is 25.7 Å². The molecule has 3 aromatic heterocycles. The Morgan fingerprint density at radius 2 is 1.75 bits per heavy atom. The van der Waals surface area contributed by atoms with E-state index < -0.39 is 0 Å². The molecule has 2 aromatic carbocycles. The minimum atomic E-state index is -0.0222. The fraction of sp³-hybridized carbons (Fsp3) is 0.115. The highest BCUT2D eigenvalue weighted by Crippen LogP contribution is 2.24. The lowest BCUT2D eigenvalue weighted by Crippen LogP contribution is -2.24. The SMILES string of the molecule is Cc1[nH]c2ccccc2c1CC(=O)NCc1cn(-c2ccccc2)nc1-c1ccncc1. The Labute approximate surface area is 185 Å². The maximum atomic E-state index is 12.8. The van der Waals surface area contributed by atoms with Crippen LogP contribution in [0.4, 0.5) is 0 Å². The molecule has 0 aliphatic carbocycles. The van der Waals surface area contributed by atoms with E-state index in [1.54, 1.807) is 12.4 Å². The van der Waals surface area contributed by atoms with Gasteiger partial charge >= 0.3 is 0 Å². The number of para-hydroxylation sites is 2. The molecule has 5 aromatic rings. The van der Waals surface area contributed by atoms with Gasteiger partial charge in [0.05, 0.1) is 17.8 Å². The number of H-pyrrole nitrogens is 1. The number of nitrogens with one attached hydrogen (secondary N) is 2. The molecular formula is C26H23N5O. The minimum Gasteiger partial charge on any atom is -0.358 e. The molecule has 0 aliphatic heterocycles. The van der Waals surface area contributed by atoms with E-state index in [4.69, 9.17) is 5.10 Å². The smallest absolute Gasteiger partial charge is 0.224 e. The van der Waals surface area contributed by atoms with Crippen LogP contribution in [0.15, 0.2) is 85.3 Å². The van der Waals surface area contributed by atoms with E-state index in [1.165, 1.54) is 0 Å². The van der Waals surface area contributed by atoms with Crippen molar-refractivity contribution in [1.29, 1.82) is 0 Å². The molecule has 0 spiro atoms. The van der Waals surface area contributed by atoms with Crippen molar-refractivity contribution in [2.75, 3.05) is 0 Å². The van der Waals surface area contributed by atoms with Crippen molar-refractivity contribution < 1.29 is 4.79 Å². The summed E-state index contributed by atoms with van der Waals surface area (Å²) in [4.78, 5) is 20.3. The average molecular weight is 422 g/mol. The van der Waals surface area contributed by atoms with Gasteiger partial charge in [0.2, 0.25) is 5.91 Å². The van der Waals surface area contributed by atoms with Crippen molar-refractivity contribution in [2.45, 2.75) is 19.9 Å². The summed E-state index contributed by atoms with van der Waals surface area (Å²) in [6.45, 7) is 2.40. The van der Waals surface area contributed by atoms with Gasteiger partial charge in [0, 0.05) is 52.9 Å². The Morgan fingerprint density at radius 1 is 1.00 bits per heavy atom. The predicted molar refractivity (Wildman–Crippen MR) is 125 cm³/mol. The Balaban J connectivity index is 1.39. The molecule has 1 amide bonds. The van der Waals surface area contributed by atoms with Gasteiger partial charge in [-0.05, 0) is 42.8 Å². The van der Waals surface area contributed by atoms with Crippen LogP contribution in [0.3, 0.4) is 0 Å². The molecule has 3 heterocycles. The largest absolute Gasteiger partial charge is 0.358 e. The summed E-state index contributed by atoms with van der Waals surface area (Å²) in [5.41, 5.74) is 6.82. The van der Waals surface area contributed by atoms with Crippen LogP contribution in [0.25, 0.3) is 27.8 Å². The molecule has 0 saturated carbocycles. The molecule has 0 unspecified atom stereocenters. The summed E-state index contributed by atoms with van der Waals surface area (Å²) in [6.07, 6.45) is 5.80. The quantitative estimate of drug-likeness (QED) is 0.421. The number of fused-ring (bicyclic) bond motifs is 1. The number of aryl methyl sites for hydroxylation is 1. The lowest BCUT2D eigenvalue weighted by Gasteiger charge is -2.06. The normalized spacial score (nSPS) is 11.0. The van der Waals surface area contributed by atoms with Crippen LogP contribution in [0, 0.1) is 6.92 Å². The molecule has 6 heteroatoms. The second-order valence-electron chi connectivity index (χ2n) is 7.75. The van der Waals surface area contributed by atoms with Crippen molar-refractivity contribution in [3.63, 3.8) is 0 Å². The first-order valence-electron chi connectivity index (χ1n) is 10.6. The number of carbonyl (C=O) groups is 1. The van der Waals surface area contributed by atoms with Crippen LogP contribution >= 0.6 is 0 Å². The molecule has 0 aliphatic rings. The van der Waals surface area contributed by atoms with Crippen molar-refractivity contribution in [2.24, 2.45) is 0 Å². The number of hydrogen-bond acceptors (Lipinski definition) is 3. The van der Waals surface area contributed by atoms with Gasteiger partial charge in [-0.25, -0.2) is 4.68 Å². The monoisotopic (exact) mass is 421 g/mol. The lowest BCUT2D eigenvalue weighted by molar-refractivity contribution is -0.120. The summed E-state index contributed by atoms with van der Waals surface area (Å²) in [7, 11) is 0. The van der Waals surface area contributed by atoms with Gasteiger partial charge < -0.3 is 10.3 Å². The molecule has 32 heavy (non-hydrogen) atoms. The number of hydrogen-bond donors (Lipinski definition) is 2. The van der Waals surface area contributed by atoms with Crippen LogP contribution < -0.4 is 5.32 Å². The zero-order chi connectivity index (χ0) is 21.9. The second-order valence-corrected chi connectivity index (χ2v) is 7.75. The number of aromatic amines is 1. The van der Waals surface area contributed by atoms with Crippen molar-refractivity contribution in [3.05, 3.63) is 102 Å². The van der Waals surface area contributed by atoms with Crippen LogP contribution in [-0.2, 0) is 17.8 Å². The highest BCUT2D eigenvalue weighted by atomic mass is 16.1. The molecule has 0 atom stereocenters. The number of benzene rings is 2. The van der Waals surface area contributed by atoms with Gasteiger partial charge in [0.25, 0.3) is 0 Å². The van der Waals surface area contributed by atoms with E-state index in [2.05, 4.69) is 15.3 Å². The first kappa shape index (κ1) is 19.8. The maximum absolute atomic E-state index is 12.8. The van der Waals surface area contributed by atoms with Crippen molar-refractivity contribution in [3.8, 4) is 16.9 Å². The third-order valence-corrected chi connectivity index (χ3v) is 5.60. The van der Waals surface area contributed by atoms with E-state index in [0.717, 1.165) is 44.7 Å². The summed E-state index contributed by atoms with van der Waals surface area (Å²) < 4.78 is 1.85. The van der Waals surface area contributed by atoms with Crippen molar-refractivity contribution >= 4 is 16.8 Å². The summed E-state index contributed by atoms with van der Waals surface area (Å²) in [6, 6.07) is 21.9. The van der Waals surface area contributed by atoms with E-state index in [-0.39, 0.29) is 5.91 Å². The third kappa shape index (κ3) is 3.90. The number of amides is 1. The predicted octanol–water partition coefficient (Wildman–Crippen LogP) is 4.58. The number of nitrogens with zero attached hydrogens (tertiary/aromatic N) is 3. The van der Waals surface area contributed by atoms with Gasteiger partial charge in [-0.1, -0.05) is 36.4 Å². The summed E-state index contributed by atoms with van der Waals surface area (Å²) in [5, 5.41) is 8.97. The fourth-order valence-corrected chi connectivity index (χ4v) is 3.98. The standard InChI is InChI=1S/C26H23N5O/c1-18-23(22-9-5-6-10-24(22)29-18)15-25(32)28-16-20-17-31(21-7-3-2-4-8-21)30-26(20)19-11-13-27-14-12-19/h2-14,17,29H,15-16H2,1H3,(H,28,32). The second kappa shape index (κ2) is 8.51.